The predicted octanol–water partition coefficient (Wildman–Crippen LogP) is 5.00. The predicted molar refractivity (Wildman–Crippen MR) is 104 cm³/mol. The molecular weight excluding hydrogens is 340 g/mol. The maximum absolute atomic E-state index is 13.3. The number of carbonyl (C=O) groups is 1. The number of nitrogens with zero attached hydrogens (tertiary/aromatic N) is 2. The molecule has 3 rings (SSSR count). The number of hydrogen-bond acceptors (Lipinski definition) is 3. The van der Waals surface area contributed by atoms with Gasteiger partial charge in [-0.25, -0.2) is 0 Å². The van der Waals surface area contributed by atoms with Crippen molar-refractivity contribution in [2.75, 3.05) is 0 Å². The summed E-state index contributed by atoms with van der Waals surface area (Å²) >= 11 is 0. The third-order valence-corrected chi connectivity index (χ3v) is 4.54. The molecule has 0 saturated heterocycles. The van der Waals surface area contributed by atoms with Crippen LogP contribution in [-0.2, 0) is 6.54 Å². The van der Waals surface area contributed by atoms with Crippen molar-refractivity contribution >= 4 is 11.6 Å². The Labute approximate surface area is 158 Å². The molecule has 0 radical (unpaired) electrons. The van der Waals surface area contributed by atoms with Gasteiger partial charge >= 0.3 is 0 Å². The number of para-hydroxylation sites is 1. The SMILES string of the molecule is C[C@@H](c1ccccc1)N(Cc1ccccc1)C(=O)c1ccccc1[N+](=O)[O-]. The van der Waals surface area contributed by atoms with Gasteiger partial charge < -0.3 is 4.90 Å². The molecule has 0 saturated carbocycles. The Bertz CT molecular complexity index is 927. The van der Waals surface area contributed by atoms with E-state index in [9.17, 15) is 14.9 Å². The minimum absolute atomic E-state index is 0.0983. The Hall–Kier alpha value is -3.47. The summed E-state index contributed by atoms with van der Waals surface area (Å²) < 4.78 is 0. The first-order valence-corrected chi connectivity index (χ1v) is 8.71. The van der Waals surface area contributed by atoms with Gasteiger partial charge in [-0.2, -0.15) is 0 Å². The number of nitro groups is 1. The molecule has 0 N–H and O–H groups in total. The van der Waals surface area contributed by atoms with Crippen molar-refractivity contribution in [3.8, 4) is 0 Å². The number of nitro benzene ring substituents is 1. The van der Waals surface area contributed by atoms with Crippen molar-refractivity contribution in [1.82, 2.24) is 4.90 Å². The van der Waals surface area contributed by atoms with Crippen LogP contribution >= 0.6 is 0 Å². The fourth-order valence-electron chi connectivity index (χ4n) is 3.04. The monoisotopic (exact) mass is 360 g/mol. The lowest BCUT2D eigenvalue weighted by molar-refractivity contribution is -0.385. The maximum atomic E-state index is 13.3. The van der Waals surface area contributed by atoms with E-state index in [1.54, 1.807) is 17.0 Å². The van der Waals surface area contributed by atoms with Gasteiger partial charge in [-0.3, -0.25) is 14.9 Å². The van der Waals surface area contributed by atoms with Gasteiger partial charge in [-0.05, 0) is 24.1 Å². The first-order chi connectivity index (χ1) is 13.1. The Balaban J connectivity index is 2.01. The van der Waals surface area contributed by atoms with E-state index in [4.69, 9.17) is 0 Å². The molecule has 136 valence electrons. The highest BCUT2D eigenvalue weighted by Gasteiger charge is 2.28. The first kappa shape index (κ1) is 18.3. The van der Waals surface area contributed by atoms with Crippen molar-refractivity contribution in [1.29, 1.82) is 0 Å². The number of benzene rings is 3. The minimum Gasteiger partial charge on any atom is -0.327 e. The summed E-state index contributed by atoms with van der Waals surface area (Å²) in [4.78, 5) is 25.9. The van der Waals surface area contributed by atoms with Crippen LogP contribution in [-0.4, -0.2) is 15.7 Å². The summed E-state index contributed by atoms with van der Waals surface area (Å²) in [6, 6.07) is 25.1. The molecule has 0 bridgehead atoms. The molecule has 0 heterocycles. The van der Waals surface area contributed by atoms with Gasteiger partial charge in [0.05, 0.1) is 11.0 Å². The van der Waals surface area contributed by atoms with E-state index in [1.807, 2.05) is 67.6 Å². The van der Waals surface area contributed by atoms with Crippen LogP contribution in [0.25, 0.3) is 0 Å². The largest absolute Gasteiger partial charge is 0.327 e. The van der Waals surface area contributed by atoms with Crippen molar-refractivity contribution < 1.29 is 9.72 Å². The highest BCUT2D eigenvalue weighted by molar-refractivity contribution is 5.98. The summed E-state index contributed by atoms with van der Waals surface area (Å²) in [5.74, 6) is -0.359. The molecule has 0 aliphatic carbocycles. The summed E-state index contributed by atoms with van der Waals surface area (Å²) in [7, 11) is 0. The van der Waals surface area contributed by atoms with Gasteiger partial charge in [0, 0.05) is 12.6 Å². The molecule has 0 aromatic heterocycles. The van der Waals surface area contributed by atoms with Crippen LogP contribution in [0, 0.1) is 10.1 Å². The first-order valence-electron chi connectivity index (χ1n) is 8.71. The fraction of sp³-hybridized carbons (Fsp3) is 0.136. The number of hydrogen-bond donors (Lipinski definition) is 0. The van der Waals surface area contributed by atoms with Crippen molar-refractivity contribution in [2.24, 2.45) is 0 Å². The van der Waals surface area contributed by atoms with E-state index in [2.05, 4.69) is 0 Å². The summed E-state index contributed by atoms with van der Waals surface area (Å²) in [6.07, 6.45) is 0. The second kappa shape index (κ2) is 8.27. The summed E-state index contributed by atoms with van der Waals surface area (Å²) in [6.45, 7) is 2.30. The molecule has 3 aromatic carbocycles. The highest BCUT2D eigenvalue weighted by atomic mass is 16.6. The molecule has 0 aliphatic heterocycles. The van der Waals surface area contributed by atoms with Gasteiger partial charge in [-0.1, -0.05) is 72.8 Å². The van der Waals surface area contributed by atoms with Gasteiger partial charge in [-0.15, -0.1) is 0 Å². The second-order valence-electron chi connectivity index (χ2n) is 6.28. The topological polar surface area (TPSA) is 63.5 Å². The van der Waals surface area contributed by atoms with Crippen molar-refractivity contribution in [3.63, 3.8) is 0 Å². The molecule has 5 heteroatoms. The van der Waals surface area contributed by atoms with Crippen LogP contribution in [0.5, 0.6) is 0 Å². The molecular formula is C22H20N2O3. The van der Waals surface area contributed by atoms with Crippen LogP contribution in [0.15, 0.2) is 84.9 Å². The summed E-state index contributed by atoms with van der Waals surface area (Å²) in [5.41, 5.74) is 1.86. The fourth-order valence-corrected chi connectivity index (χ4v) is 3.04. The molecule has 0 unspecified atom stereocenters. The van der Waals surface area contributed by atoms with Gasteiger partial charge in [0.25, 0.3) is 11.6 Å². The number of amides is 1. The van der Waals surface area contributed by atoms with Crippen LogP contribution in [0.3, 0.4) is 0 Å². The van der Waals surface area contributed by atoms with E-state index < -0.39 is 4.92 Å². The van der Waals surface area contributed by atoms with Crippen LogP contribution in [0.4, 0.5) is 5.69 Å². The van der Waals surface area contributed by atoms with Crippen molar-refractivity contribution in [2.45, 2.75) is 19.5 Å². The smallest absolute Gasteiger partial charge is 0.282 e. The van der Waals surface area contributed by atoms with Gasteiger partial charge in [0.15, 0.2) is 0 Å². The zero-order valence-electron chi connectivity index (χ0n) is 15.0. The lowest BCUT2D eigenvalue weighted by Gasteiger charge is -2.30. The van der Waals surface area contributed by atoms with E-state index in [-0.39, 0.29) is 23.2 Å². The molecule has 5 nitrogen and oxygen atoms in total. The van der Waals surface area contributed by atoms with Gasteiger partial charge in [0.2, 0.25) is 0 Å². The Morgan fingerprint density at radius 2 is 1.48 bits per heavy atom. The molecule has 3 aromatic rings. The molecule has 1 atom stereocenters. The van der Waals surface area contributed by atoms with Crippen LogP contribution in [0.2, 0.25) is 0 Å². The van der Waals surface area contributed by atoms with E-state index in [0.717, 1.165) is 11.1 Å². The van der Waals surface area contributed by atoms with E-state index in [0.29, 0.717) is 6.54 Å². The lowest BCUT2D eigenvalue weighted by atomic mass is 10.0. The molecule has 0 aliphatic rings. The highest BCUT2D eigenvalue weighted by Crippen LogP contribution is 2.27. The van der Waals surface area contributed by atoms with Gasteiger partial charge in [0.1, 0.15) is 5.56 Å². The van der Waals surface area contributed by atoms with Crippen LogP contribution in [0.1, 0.15) is 34.5 Å². The minimum atomic E-state index is -0.513. The molecule has 0 fully saturated rings. The average molecular weight is 360 g/mol. The van der Waals surface area contributed by atoms with E-state index >= 15 is 0 Å². The molecule has 1 amide bonds. The zero-order valence-corrected chi connectivity index (χ0v) is 15.0. The second-order valence-corrected chi connectivity index (χ2v) is 6.28. The lowest BCUT2D eigenvalue weighted by Crippen LogP contribution is -2.33. The van der Waals surface area contributed by atoms with E-state index in [1.165, 1.54) is 12.1 Å². The third kappa shape index (κ3) is 4.20. The number of rotatable bonds is 6. The molecule has 0 spiro atoms. The van der Waals surface area contributed by atoms with Crippen LogP contribution < -0.4 is 0 Å². The quantitative estimate of drug-likeness (QED) is 0.459. The van der Waals surface area contributed by atoms with Crippen molar-refractivity contribution in [3.05, 3.63) is 112 Å². The Morgan fingerprint density at radius 1 is 0.926 bits per heavy atom. The Kier molecular flexibility index (Phi) is 5.61. The maximum Gasteiger partial charge on any atom is 0.282 e. The standard InChI is InChI=1S/C22H20N2O3/c1-17(19-12-6-3-7-13-19)23(16-18-10-4-2-5-11-18)22(25)20-14-8-9-15-21(20)24(26)27/h2-15,17H,16H2,1H3/t17-/m0/s1. The normalized spacial score (nSPS) is 11.6. The molecule has 27 heavy (non-hydrogen) atoms. The average Bonchev–Trinajstić information content (AvgIpc) is 2.72. The third-order valence-electron chi connectivity index (χ3n) is 4.54. The number of carbonyl (C=O) groups excluding carboxylic acids is 1. The summed E-state index contributed by atoms with van der Waals surface area (Å²) in [5, 5.41) is 11.4. The zero-order chi connectivity index (χ0) is 19.2. The Morgan fingerprint density at radius 3 is 2.11 bits per heavy atom.